The molecular formula is C14H17FN2OS. The van der Waals surface area contributed by atoms with E-state index in [1.807, 2.05) is 0 Å². The van der Waals surface area contributed by atoms with Crippen LogP contribution in [-0.4, -0.2) is 25.5 Å². The molecule has 19 heavy (non-hydrogen) atoms. The molecule has 0 radical (unpaired) electrons. The molecule has 0 fully saturated rings. The molecule has 5 heteroatoms. The summed E-state index contributed by atoms with van der Waals surface area (Å²) >= 11 is 1.38. The lowest BCUT2D eigenvalue weighted by Crippen LogP contribution is -2.31. The minimum atomic E-state index is -0.277. The summed E-state index contributed by atoms with van der Waals surface area (Å²) in [4.78, 5) is 12.5. The predicted octanol–water partition coefficient (Wildman–Crippen LogP) is 2.77. The summed E-state index contributed by atoms with van der Waals surface area (Å²) < 4.78 is 14.0. The average molecular weight is 280 g/mol. The van der Waals surface area contributed by atoms with Crippen LogP contribution in [0.2, 0.25) is 0 Å². The summed E-state index contributed by atoms with van der Waals surface area (Å²) in [5.74, 6) is -0.374. The van der Waals surface area contributed by atoms with Gasteiger partial charge in [0.15, 0.2) is 0 Å². The Morgan fingerprint density at radius 1 is 1.26 bits per heavy atom. The average Bonchev–Trinajstić information content (AvgIpc) is 2.81. The molecule has 0 saturated carbocycles. The Balaban J connectivity index is 1.94. The molecule has 0 atom stereocenters. The van der Waals surface area contributed by atoms with Gasteiger partial charge in [-0.25, -0.2) is 4.39 Å². The fourth-order valence-electron chi connectivity index (χ4n) is 1.78. The molecule has 0 aliphatic rings. The molecule has 0 aliphatic heterocycles. The van der Waals surface area contributed by atoms with Crippen molar-refractivity contribution in [3.8, 4) is 0 Å². The zero-order valence-corrected chi connectivity index (χ0v) is 11.6. The molecule has 3 nitrogen and oxygen atoms in total. The Hall–Kier alpha value is -1.46. The van der Waals surface area contributed by atoms with Crippen LogP contribution >= 0.6 is 11.3 Å². The molecule has 2 aromatic rings. The standard InChI is InChI=1S/C14H17FN2OS/c1-2-5-16-6-7-17-14(18)13-9-10-8-11(15)3-4-12(10)19-13/h3-4,8-9,16H,2,5-7H2,1H3,(H,17,18). The van der Waals surface area contributed by atoms with Crippen LogP contribution in [0.4, 0.5) is 4.39 Å². The number of carbonyl (C=O) groups excluding carboxylic acids is 1. The number of fused-ring (bicyclic) bond motifs is 1. The lowest BCUT2D eigenvalue weighted by Gasteiger charge is -2.04. The Morgan fingerprint density at radius 3 is 2.89 bits per heavy atom. The van der Waals surface area contributed by atoms with Crippen molar-refractivity contribution in [3.63, 3.8) is 0 Å². The number of thiophene rings is 1. The number of hydrogen-bond acceptors (Lipinski definition) is 3. The molecule has 0 unspecified atom stereocenters. The number of amides is 1. The van der Waals surface area contributed by atoms with Crippen LogP contribution in [0.5, 0.6) is 0 Å². The highest BCUT2D eigenvalue weighted by Gasteiger charge is 2.09. The maximum Gasteiger partial charge on any atom is 0.261 e. The Morgan fingerprint density at radius 2 is 2.11 bits per heavy atom. The second kappa shape index (κ2) is 6.63. The van der Waals surface area contributed by atoms with Gasteiger partial charge in [-0.1, -0.05) is 6.92 Å². The van der Waals surface area contributed by atoms with E-state index in [9.17, 15) is 9.18 Å². The summed E-state index contributed by atoms with van der Waals surface area (Å²) in [5, 5.41) is 6.84. The second-order valence-electron chi connectivity index (χ2n) is 4.30. The SMILES string of the molecule is CCCNCCNC(=O)c1cc2cc(F)ccc2s1. The predicted molar refractivity (Wildman–Crippen MR) is 77.3 cm³/mol. The first-order valence-corrected chi connectivity index (χ1v) is 7.20. The topological polar surface area (TPSA) is 41.1 Å². The molecule has 0 spiro atoms. The smallest absolute Gasteiger partial charge is 0.261 e. The minimum Gasteiger partial charge on any atom is -0.350 e. The first-order valence-electron chi connectivity index (χ1n) is 6.38. The van der Waals surface area contributed by atoms with E-state index in [1.165, 1.54) is 23.5 Å². The van der Waals surface area contributed by atoms with Crippen molar-refractivity contribution in [3.05, 3.63) is 35.0 Å². The highest BCUT2D eigenvalue weighted by molar-refractivity contribution is 7.20. The molecule has 0 saturated heterocycles. The van der Waals surface area contributed by atoms with Crippen LogP contribution in [0, 0.1) is 5.82 Å². The van der Waals surface area contributed by atoms with E-state index < -0.39 is 0 Å². The lowest BCUT2D eigenvalue weighted by atomic mass is 10.2. The van der Waals surface area contributed by atoms with Gasteiger partial charge in [0, 0.05) is 17.8 Å². The third-order valence-corrected chi connectivity index (χ3v) is 3.83. The molecule has 2 N–H and O–H groups in total. The molecule has 1 aromatic heterocycles. The van der Waals surface area contributed by atoms with E-state index in [1.54, 1.807) is 12.1 Å². The van der Waals surface area contributed by atoms with Gasteiger partial charge in [0.05, 0.1) is 4.88 Å². The maximum atomic E-state index is 13.1. The summed E-state index contributed by atoms with van der Waals surface area (Å²) in [6.07, 6.45) is 1.08. The summed E-state index contributed by atoms with van der Waals surface area (Å²) in [6, 6.07) is 6.30. The molecule has 102 valence electrons. The molecule has 1 amide bonds. The maximum absolute atomic E-state index is 13.1. The third kappa shape index (κ3) is 3.75. The van der Waals surface area contributed by atoms with Gasteiger partial charge >= 0.3 is 0 Å². The van der Waals surface area contributed by atoms with Gasteiger partial charge in [-0.05, 0) is 42.6 Å². The van der Waals surface area contributed by atoms with Crippen LogP contribution in [0.15, 0.2) is 24.3 Å². The van der Waals surface area contributed by atoms with Crippen molar-refractivity contribution in [2.45, 2.75) is 13.3 Å². The van der Waals surface area contributed by atoms with Gasteiger partial charge in [-0.15, -0.1) is 11.3 Å². The molecular weight excluding hydrogens is 263 g/mol. The summed E-state index contributed by atoms with van der Waals surface area (Å²) in [5.41, 5.74) is 0. The Kier molecular flexibility index (Phi) is 4.87. The normalized spacial score (nSPS) is 10.8. The number of halogens is 1. The van der Waals surface area contributed by atoms with E-state index in [0.717, 1.165) is 29.6 Å². The molecule has 0 aliphatic carbocycles. The van der Waals surface area contributed by atoms with Crippen LogP contribution in [0.1, 0.15) is 23.0 Å². The highest BCUT2D eigenvalue weighted by atomic mass is 32.1. The largest absolute Gasteiger partial charge is 0.350 e. The van der Waals surface area contributed by atoms with Gasteiger partial charge in [-0.2, -0.15) is 0 Å². The van der Waals surface area contributed by atoms with Gasteiger partial charge in [0.2, 0.25) is 0 Å². The third-order valence-electron chi connectivity index (χ3n) is 2.72. The van der Waals surface area contributed by atoms with Crippen molar-refractivity contribution >= 4 is 27.3 Å². The summed E-state index contributed by atoms with van der Waals surface area (Å²) in [6.45, 7) is 4.42. The molecule has 1 heterocycles. The van der Waals surface area contributed by atoms with Gasteiger partial charge in [0.1, 0.15) is 5.82 Å². The Labute approximate surface area is 115 Å². The molecule has 0 bridgehead atoms. The number of carbonyl (C=O) groups is 1. The van der Waals surface area contributed by atoms with Crippen LogP contribution < -0.4 is 10.6 Å². The van der Waals surface area contributed by atoms with Crippen molar-refractivity contribution in [2.75, 3.05) is 19.6 Å². The first kappa shape index (κ1) is 14.0. The second-order valence-corrected chi connectivity index (χ2v) is 5.38. The number of benzene rings is 1. The van der Waals surface area contributed by atoms with Crippen molar-refractivity contribution < 1.29 is 9.18 Å². The van der Waals surface area contributed by atoms with E-state index in [4.69, 9.17) is 0 Å². The van der Waals surface area contributed by atoms with E-state index >= 15 is 0 Å². The van der Waals surface area contributed by atoms with Gasteiger partial charge in [-0.3, -0.25) is 4.79 Å². The molecule has 2 rings (SSSR count). The van der Waals surface area contributed by atoms with Crippen LogP contribution in [0.25, 0.3) is 10.1 Å². The van der Waals surface area contributed by atoms with Crippen molar-refractivity contribution in [1.29, 1.82) is 0 Å². The van der Waals surface area contributed by atoms with Crippen molar-refractivity contribution in [2.24, 2.45) is 0 Å². The number of rotatable bonds is 6. The number of nitrogens with one attached hydrogen (secondary N) is 2. The van der Waals surface area contributed by atoms with Crippen LogP contribution in [-0.2, 0) is 0 Å². The number of hydrogen-bond donors (Lipinski definition) is 2. The van der Waals surface area contributed by atoms with Crippen LogP contribution in [0.3, 0.4) is 0 Å². The first-order chi connectivity index (χ1) is 9.20. The lowest BCUT2D eigenvalue weighted by molar-refractivity contribution is 0.0958. The van der Waals surface area contributed by atoms with E-state index in [0.29, 0.717) is 11.4 Å². The zero-order valence-electron chi connectivity index (χ0n) is 10.8. The summed E-state index contributed by atoms with van der Waals surface area (Å²) in [7, 11) is 0. The van der Waals surface area contributed by atoms with E-state index in [-0.39, 0.29) is 11.7 Å². The quantitative estimate of drug-likeness (QED) is 0.799. The van der Waals surface area contributed by atoms with Gasteiger partial charge in [0.25, 0.3) is 5.91 Å². The molecule has 1 aromatic carbocycles. The zero-order chi connectivity index (χ0) is 13.7. The highest BCUT2D eigenvalue weighted by Crippen LogP contribution is 2.26. The van der Waals surface area contributed by atoms with Gasteiger partial charge < -0.3 is 10.6 Å². The van der Waals surface area contributed by atoms with Crippen molar-refractivity contribution in [1.82, 2.24) is 10.6 Å². The minimum absolute atomic E-state index is 0.0973. The monoisotopic (exact) mass is 280 g/mol. The fraction of sp³-hybridized carbons (Fsp3) is 0.357. The fourth-order valence-corrected chi connectivity index (χ4v) is 2.74. The Bertz CT molecular complexity index is 568. The van der Waals surface area contributed by atoms with E-state index in [2.05, 4.69) is 17.6 Å².